The zero-order chi connectivity index (χ0) is 41.7. The van der Waals surface area contributed by atoms with Gasteiger partial charge in [-0.2, -0.15) is 0 Å². The van der Waals surface area contributed by atoms with Crippen LogP contribution in [0.3, 0.4) is 0 Å². The molecule has 16 heteroatoms. The number of ether oxygens (including phenoxy) is 6. The molecule has 0 aromatic carbocycles. The Morgan fingerprint density at radius 3 is 1.46 bits per heavy atom. The molecule has 0 aromatic heterocycles. The highest BCUT2D eigenvalue weighted by atomic mass is 16.6. The summed E-state index contributed by atoms with van der Waals surface area (Å²) in [6, 6.07) is -0.929. The first-order chi connectivity index (χ1) is 26.8. The fourth-order valence-corrected chi connectivity index (χ4v) is 5.37. The zero-order valence-corrected chi connectivity index (χ0v) is 34.7. The van der Waals surface area contributed by atoms with Gasteiger partial charge >= 0.3 is 17.9 Å². The van der Waals surface area contributed by atoms with Gasteiger partial charge in [-0.15, -0.1) is 0 Å². The standard InChI is InChI=1S/C40H73N3O13/c1-40(2,3)56-39(50)33(43-35(45)19-17-15-13-11-9-7-5-6-8-10-12-14-16-18-20-38(49)51-4)21-22-34(44)41-23-25-52-27-29-54-31-36(46)42-24-26-53-28-30-55-32-37(47)48/h33H,5-32H2,1-4H3,(H,41,44)(H,42,46)(H,43,45)(H,47,48)/t33-/m0/s1. The molecule has 1 atom stereocenters. The quantitative estimate of drug-likeness (QED) is 0.0504. The summed E-state index contributed by atoms with van der Waals surface area (Å²) in [5.41, 5.74) is -0.738. The Morgan fingerprint density at radius 2 is 0.982 bits per heavy atom. The van der Waals surface area contributed by atoms with Crippen molar-refractivity contribution in [1.29, 1.82) is 0 Å². The highest BCUT2D eigenvalue weighted by Crippen LogP contribution is 2.15. The lowest BCUT2D eigenvalue weighted by Gasteiger charge is -2.24. The minimum absolute atomic E-state index is 0.0183. The van der Waals surface area contributed by atoms with E-state index in [2.05, 4.69) is 20.7 Å². The molecule has 0 bridgehead atoms. The number of carbonyl (C=O) groups is 6. The maximum absolute atomic E-state index is 12.8. The number of carboxylic acid groups (broad SMARTS) is 1. The van der Waals surface area contributed by atoms with E-state index in [0.29, 0.717) is 12.8 Å². The zero-order valence-electron chi connectivity index (χ0n) is 34.7. The van der Waals surface area contributed by atoms with Crippen LogP contribution in [0.1, 0.15) is 136 Å². The lowest BCUT2D eigenvalue weighted by atomic mass is 10.0. The molecule has 0 unspecified atom stereocenters. The van der Waals surface area contributed by atoms with Crippen molar-refractivity contribution in [1.82, 2.24) is 16.0 Å². The van der Waals surface area contributed by atoms with E-state index in [1.165, 1.54) is 58.5 Å². The summed E-state index contributed by atoms with van der Waals surface area (Å²) in [4.78, 5) is 71.2. The SMILES string of the molecule is COC(=O)CCCCCCCCCCCCCCCCC(=O)N[C@@H](CCC(=O)NCCOCCOCC(=O)NCCOCCOCC(=O)O)C(=O)OC(C)(C)C. The molecule has 0 spiro atoms. The number of methoxy groups -OCH3 is 1. The minimum Gasteiger partial charge on any atom is -0.480 e. The Kier molecular flexibility index (Phi) is 33.9. The summed E-state index contributed by atoms with van der Waals surface area (Å²) in [5.74, 6) is -2.58. The predicted octanol–water partition coefficient (Wildman–Crippen LogP) is 4.39. The molecular formula is C40H73N3O13. The molecule has 0 heterocycles. The van der Waals surface area contributed by atoms with E-state index in [-0.39, 0.29) is 102 Å². The van der Waals surface area contributed by atoms with E-state index in [1.807, 2.05) is 0 Å². The number of amides is 3. The number of hydrogen-bond acceptors (Lipinski definition) is 12. The van der Waals surface area contributed by atoms with Gasteiger partial charge in [0.25, 0.3) is 0 Å². The van der Waals surface area contributed by atoms with E-state index in [1.54, 1.807) is 20.8 Å². The number of hydrogen-bond donors (Lipinski definition) is 4. The van der Waals surface area contributed by atoms with Crippen molar-refractivity contribution < 1.29 is 62.3 Å². The van der Waals surface area contributed by atoms with Crippen LogP contribution in [0.2, 0.25) is 0 Å². The number of carbonyl (C=O) groups excluding carboxylic acids is 5. The number of carboxylic acids is 1. The van der Waals surface area contributed by atoms with Gasteiger partial charge in [0.2, 0.25) is 17.7 Å². The van der Waals surface area contributed by atoms with Crippen LogP contribution in [0.15, 0.2) is 0 Å². The van der Waals surface area contributed by atoms with E-state index in [9.17, 15) is 28.8 Å². The fraction of sp³-hybridized carbons (Fsp3) is 0.850. The Hall–Kier alpha value is -3.34. The molecule has 0 saturated heterocycles. The maximum atomic E-state index is 12.8. The minimum atomic E-state index is -1.05. The number of unbranched alkanes of at least 4 members (excludes halogenated alkanes) is 13. The molecule has 16 nitrogen and oxygen atoms in total. The van der Waals surface area contributed by atoms with Gasteiger partial charge in [-0.25, -0.2) is 9.59 Å². The van der Waals surface area contributed by atoms with E-state index in [0.717, 1.165) is 38.5 Å². The summed E-state index contributed by atoms with van der Waals surface area (Å²) < 4.78 is 30.9. The second-order valence-corrected chi connectivity index (χ2v) is 14.6. The molecule has 4 N–H and O–H groups in total. The monoisotopic (exact) mass is 804 g/mol. The van der Waals surface area contributed by atoms with Gasteiger partial charge in [0.05, 0.1) is 46.8 Å². The average molecular weight is 804 g/mol. The van der Waals surface area contributed by atoms with Crippen molar-refractivity contribution in [3.63, 3.8) is 0 Å². The van der Waals surface area contributed by atoms with E-state index in [4.69, 9.17) is 28.8 Å². The third kappa shape index (κ3) is 37.6. The fourth-order valence-electron chi connectivity index (χ4n) is 5.37. The smallest absolute Gasteiger partial charge is 0.329 e. The summed E-state index contributed by atoms with van der Waals surface area (Å²) in [6.45, 7) is 6.48. The molecule has 56 heavy (non-hydrogen) atoms. The second kappa shape index (κ2) is 36.0. The van der Waals surface area contributed by atoms with Gasteiger partial charge in [0.15, 0.2) is 0 Å². The van der Waals surface area contributed by atoms with Crippen LogP contribution < -0.4 is 16.0 Å². The van der Waals surface area contributed by atoms with Crippen LogP contribution in [-0.4, -0.2) is 125 Å². The molecule has 0 saturated carbocycles. The predicted molar refractivity (Wildman–Crippen MR) is 210 cm³/mol. The number of rotatable bonds is 38. The first kappa shape index (κ1) is 52.7. The lowest BCUT2D eigenvalue weighted by molar-refractivity contribution is -0.159. The lowest BCUT2D eigenvalue weighted by Crippen LogP contribution is -2.44. The maximum Gasteiger partial charge on any atom is 0.329 e. The largest absolute Gasteiger partial charge is 0.480 e. The van der Waals surface area contributed by atoms with Crippen LogP contribution in [0.25, 0.3) is 0 Å². The molecule has 0 aromatic rings. The molecule has 3 amide bonds. The van der Waals surface area contributed by atoms with Crippen molar-refractivity contribution in [2.75, 3.05) is 73.1 Å². The van der Waals surface area contributed by atoms with Crippen LogP contribution in [-0.2, 0) is 57.2 Å². The van der Waals surface area contributed by atoms with Crippen LogP contribution in [0.4, 0.5) is 0 Å². The average Bonchev–Trinajstić information content (AvgIpc) is 3.14. The van der Waals surface area contributed by atoms with Crippen LogP contribution >= 0.6 is 0 Å². The topological polar surface area (TPSA) is 214 Å². The van der Waals surface area contributed by atoms with Crippen molar-refractivity contribution >= 4 is 35.6 Å². The third-order valence-electron chi connectivity index (χ3n) is 8.29. The second-order valence-electron chi connectivity index (χ2n) is 14.6. The summed E-state index contributed by atoms with van der Waals surface area (Å²) >= 11 is 0. The van der Waals surface area contributed by atoms with Crippen molar-refractivity contribution in [3.05, 3.63) is 0 Å². The van der Waals surface area contributed by atoms with E-state index >= 15 is 0 Å². The first-order valence-corrected chi connectivity index (χ1v) is 20.5. The molecule has 0 aliphatic heterocycles. The molecule has 0 fully saturated rings. The van der Waals surface area contributed by atoms with Gasteiger partial charge in [-0.3, -0.25) is 19.2 Å². The van der Waals surface area contributed by atoms with Crippen LogP contribution in [0.5, 0.6) is 0 Å². The van der Waals surface area contributed by atoms with Gasteiger partial charge in [0, 0.05) is 32.4 Å². The Balaban J connectivity index is 4.01. The molecule has 0 radical (unpaired) electrons. The number of aliphatic carboxylic acids is 1. The van der Waals surface area contributed by atoms with Gasteiger partial charge in [-0.05, 0) is 40.0 Å². The Morgan fingerprint density at radius 1 is 0.536 bits per heavy atom. The highest BCUT2D eigenvalue weighted by molar-refractivity contribution is 5.85. The Bertz CT molecular complexity index is 1070. The molecule has 326 valence electrons. The summed E-state index contributed by atoms with van der Waals surface area (Å²) in [5, 5.41) is 16.6. The molecule has 0 aliphatic carbocycles. The summed E-state index contributed by atoms with van der Waals surface area (Å²) in [6.07, 6.45) is 16.7. The van der Waals surface area contributed by atoms with Crippen LogP contribution in [0, 0.1) is 0 Å². The normalized spacial score (nSPS) is 11.8. The highest BCUT2D eigenvalue weighted by Gasteiger charge is 2.27. The number of nitrogens with one attached hydrogen (secondary N) is 3. The summed E-state index contributed by atoms with van der Waals surface area (Å²) in [7, 11) is 1.43. The number of esters is 2. The van der Waals surface area contributed by atoms with Crippen molar-refractivity contribution in [2.45, 2.75) is 148 Å². The Labute approximate surface area is 334 Å². The molecular weight excluding hydrogens is 730 g/mol. The van der Waals surface area contributed by atoms with Gasteiger partial charge in [-0.1, -0.05) is 77.0 Å². The van der Waals surface area contributed by atoms with Crippen molar-refractivity contribution in [3.8, 4) is 0 Å². The molecule has 0 aliphatic rings. The first-order valence-electron chi connectivity index (χ1n) is 20.5. The van der Waals surface area contributed by atoms with Crippen molar-refractivity contribution in [2.24, 2.45) is 0 Å². The molecule has 0 rings (SSSR count). The van der Waals surface area contributed by atoms with Gasteiger partial charge < -0.3 is 49.5 Å². The third-order valence-corrected chi connectivity index (χ3v) is 8.29. The van der Waals surface area contributed by atoms with E-state index < -0.39 is 23.6 Å². The van der Waals surface area contributed by atoms with Gasteiger partial charge in [0.1, 0.15) is 24.9 Å².